The SMILES string of the molecule is COc1ccc2c(c1)CCCN2C(=O)COC(=O)c1cc(=O)[nH]c2ccccc12. The average molecular weight is 392 g/mol. The van der Waals surface area contributed by atoms with Crippen molar-refractivity contribution >= 4 is 28.5 Å². The molecule has 0 saturated carbocycles. The second-order valence-corrected chi connectivity index (χ2v) is 6.81. The number of fused-ring (bicyclic) bond motifs is 2. The van der Waals surface area contributed by atoms with Gasteiger partial charge in [-0.2, -0.15) is 0 Å². The number of nitrogens with one attached hydrogen (secondary N) is 1. The number of amides is 1. The largest absolute Gasteiger partial charge is 0.497 e. The van der Waals surface area contributed by atoms with Gasteiger partial charge in [0.15, 0.2) is 6.61 Å². The average Bonchev–Trinajstić information content (AvgIpc) is 2.75. The second-order valence-electron chi connectivity index (χ2n) is 6.81. The van der Waals surface area contributed by atoms with Crippen LogP contribution in [0, 0.1) is 0 Å². The monoisotopic (exact) mass is 392 g/mol. The minimum atomic E-state index is -0.701. The molecule has 29 heavy (non-hydrogen) atoms. The molecule has 0 bridgehead atoms. The number of pyridine rings is 1. The quantitative estimate of drug-likeness (QED) is 0.690. The molecule has 148 valence electrons. The number of aryl methyl sites for hydroxylation is 1. The van der Waals surface area contributed by atoms with Crippen molar-refractivity contribution in [2.45, 2.75) is 12.8 Å². The number of anilines is 1. The Hall–Kier alpha value is -3.61. The summed E-state index contributed by atoms with van der Waals surface area (Å²) in [4.78, 5) is 41.4. The third kappa shape index (κ3) is 3.71. The second kappa shape index (κ2) is 7.79. The minimum absolute atomic E-state index is 0.140. The van der Waals surface area contributed by atoms with Crippen molar-refractivity contribution < 1.29 is 19.1 Å². The third-order valence-electron chi connectivity index (χ3n) is 5.00. The van der Waals surface area contributed by atoms with E-state index in [0.29, 0.717) is 17.4 Å². The van der Waals surface area contributed by atoms with Gasteiger partial charge >= 0.3 is 5.97 Å². The lowest BCUT2D eigenvalue weighted by molar-refractivity contribution is -0.121. The summed E-state index contributed by atoms with van der Waals surface area (Å²) in [6.07, 6.45) is 1.67. The number of hydrogen-bond acceptors (Lipinski definition) is 5. The zero-order valence-corrected chi connectivity index (χ0v) is 15.9. The molecule has 2 aromatic carbocycles. The predicted octanol–water partition coefficient (Wildman–Crippen LogP) is 2.67. The summed E-state index contributed by atoms with van der Waals surface area (Å²) in [7, 11) is 1.60. The van der Waals surface area contributed by atoms with Crippen LogP contribution in [0.15, 0.2) is 53.3 Å². The zero-order chi connectivity index (χ0) is 20.4. The number of aromatic amines is 1. The topological polar surface area (TPSA) is 88.7 Å². The first kappa shape index (κ1) is 18.7. The molecule has 0 radical (unpaired) electrons. The van der Waals surface area contributed by atoms with Crippen LogP contribution in [0.3, 0.4) is 0 Å². The number of nitrogens with zero attached hydrogens (tertiary/aromatic N) is 1. The molecule has 1 amide bonds. The van der Waals surface area contributed by atoms with Crippen LogP contribution in [0.2, 0.25) is 0 Å². The molecule has 7 heteroatoms. The van der Waals surface area contributed by atoms with E-state index in [9.17, 15) is 14.4 Å². The highest BCUT2D eigenvalue weighted by Gasteiger charge is 2.24. The Morgan fingerprint density at radius 1 is 1.14 bits per heavy atom. The van der Waals surface area contributed by atoms with Crippen LogP contribution < -0.4 is 15.2 Å². The van der Waals surface area contributed by atoms with E-state index >= 15 is 0 Å². The van der Waals surface area contributed by atoms with Crippen LogP contribution in [0.25, 0.3) is 10.9 Å². The summed E-state index contributed by atoms with van der Waals surface area (Å²) in [5, 5.41) is 0.569. The van der Waals surface area contributed by atoms with Gasteiger partial charge in [0.1, 0.15) is 5.75 Å². The summed E-state index contributed by atoms with van der Waals surface area (Å²) < 4.78 is 10.5. The number of carbonyl (C=O) groups is 2. The van der Waals surface area contributed by atoms with Gasteiger partial charge in [0.05, 0.1) is 12.7 Å². The number of ether oxygens (including phenoxy) is 2. The van der Waals surface area contributed by atoms with E-state index in [-0.39, 0.29) is 11.5 Å². The molecule has 0 fully saturated rings. The number of para-hydroxylation sites is 1. The molecule has 2 heterocycles. The Balaban J connectivity index is 1.51. The van der Waals surface area contributed by atoms with E-state index < -0.39 is 18.1 Å². The molecular formula is C22H20N2O5. The number of methoxy groups -OCH3 is 1. The van der Waals surface area contributed by atoms with E-state index in [1.165, 1.54) is 6.07 Å². The molecule has 0 unspecified atom stereocenters. The number of H-pyrrole nitrogens is 1. The molecule has 1 aliphatic heterocycles. The number of aromatic nitrogens is 1. The molecule has 7 nitrogen and oxygen atoms in total. The summed E-state index contributed by atoms with van der Waals surface area (Å²) in [5.41, 5.74) is 2.11. The number of rotatable bonds is 4. The predicted molar refractivity (Wildman–Crippen MR) is 109 cm³/mol. The van der Waals surface area contributed by atoms with E-state index in [1.54, 1.807) is 42.3 Å². The molecule has 0 aliphatic carbocycles. The van der Waals surface area contributed by atoms with Crippen molar-refractivity contribution in [2.75, 3.05) is 25.2 Å². The third-order valence-corrected chi connectivity index (χ3v) is 5.00. The van der Waals surface area contributed by atoms with Gasteiger partial charge in [-0.15, -0.1) is 0 Å². The van der Waals surface area contributed by atoms with Gasteiger partial charge in [0.2, 0.25) is 5.56 Å². The Bertz CT molecular complexity index is 1150. The zero-order valence-electron chi connectivity index (χ0n) is 15.9. The van der Waals surface area contributed by atoms with Crippen molar-refractivity contribution in [1.82, 2.24) is 4.98 Å². The molecule has 4 rings (SSSR count). The highest BCUT2D eigenvalue weighted by Crippen LogP contribution is 2.30. The summed E-state index contributed by atoms with van der Waals surface area (Å²) in [6, 6.07) is 13.7. The van der Waals surface area contributed by atoms with Crippen LogP contribution in [-0.4, -0.2) is 37.1 Å². The lowest BCUT2D eigenvalue weighted by Crippen LogP contribution is -2.38. The summed E-state index contributed by atoms with van der Waals surface area (Å²) >= 11 is 0. The Morgan fingerprint density at radius 3 is 2.79 bits per heavy atom. The van der Waals surface area contributed by atoms with Crippen molar-refractivity contribution in [2.24, 2.45) is 0 Å². The minimum Gasteiger partial charge on any atom is -0.497 e. The van der Waals surface area contributed by atoms with Crippen LogP contribution in [0.4, 0.5) is 5.69 Å². The standard InChI is InChI=1S/C22H20N2O5/c1-28-15-8-9-19-14(11-15)5-4-10-24(19)21(26)13-29-22(27)17-12-20(25)23-18-7-3-2-6-16(17)18/h2-3,6-9,11-12H,4-5,10,13H2,1H3,(H,23,25). The first-order valence-electron chi connectivity index (χ1n) is 9.33. The van der Waals surface area contributed by atoms with Gasteiger partial charge < -0.3 is 19.4 Å². The maximum atomic E-state index is 12.7. The van der Waals surface area contributed by atoms with Gasteiger partial charge in [0, 0.05) is 29.2 Å². The van der Waals surface area contributed by atoms with Crippen LogP contribution in [0.5, 0.6) is 5.75 Å². The molecular weight excluding hydrogens is 372 g/mol. The van der Waals surface area contributed by atoms with E-state index in [1.807, 2.05) is 12.1 Å². The Labute approximate surface area is 166 Å². The summed E-state index contributed by atoms with van der Waals surface area (Å²) in [5.74, 6) is -0.267. The highest BCUT2D eigenvalue weighted by atomic mass is 16.5. The molecule has 1 aliphatic rings. The van der Waals surface area contributed by atoms with Gasteiger partial charge in [-0.25, -0.2) is 4.79 Å². The molecule has 0 atom stereocenters. The first-order chi connectivity index (χ1) is 14.1. The molecule has 0 saturated heterocycles. The van der Waals surface area contributed by atoms with Crippen LogP contribution in [0.1, 0.15) is 22.3 Å². The van der Waals surface area contributed by atoms with Gasteiger partial charge in [-0.3, -0.25) is 9.59 Å². The Morgan fingerprint density at radius 2 is 1.97 bits per heavy atom. The molecule has 1 aromatic heterocycles. The summed E-state index contributed by atoms with van der Waals surface area (Å²) in [6.45, 7) is 0.162. The normalized spacial score (nSPS) is 13.1. The fraction of sp³-hybridized carbons (Fsp3) is 0.227. The highest BCUT2D eigenvalue weighted by molar-refractivity contribution is 6.04. The maximum Gasteiger partial charge on any atom is 0.339 e. The molecule has 1 N–H and O–H groups in total. The van der Waals surface area contributed by atoms with Crippen molar-refractivity contribution in [3.63, 3.8) is 0 Å². The van der Waals surface area contributed by atoms with Crippen LogP contribution >= 0.6 is 0 Å². The fourth-order valence-corrected chi connectivity index (χ4v) is 3.62. The van der Waals surface area contributed by atoms with Gasteiger partial charge in [0.25, 0.3) is 5.91 Å². The Kier molecular flexibility index (Phi) is 5.03. The van der Waals surface area contributed by atoms with Crippen molar-refractivity contribution in [3.05, 3.63) is 70.0 Å². The number of carbonyl (C=O) groups excluding carboxylic acids is 2. The fourth-order valence-electron chi connectivity index (χ4n) is 3.62. The van der Waals surface area contributed by atoms with E-state index in [0.717, 1.165) is 29.8 Å². The van der Waals surface area contributed by atoms with Crippen molar-refractivity contribution in [1.29, 1.82) is 0 Å². The van der Waals surface area contributed by atoms with Gasteiger partial charge in [-0.1, -0.05) is 18.2 Å². The van der Waals surface area contributed by atoms with Gasteiger partial charge in [-0.05, 0) is 42.7 Å². The molecule has 3 aromatic rings. The number of benzene rings is 2. The smallest absolute Gasteiger partial charge is 0.339 e. The number of esters is 1. The van der Waals surface area contributed by atoms with Crippen molar-refractivity contribution in [3.8, 4) is 5.75 Å². The lowest BCUT2D eigenvalue weighted by Gasteiger charge is -2.29. The maximum absolute atomic E-state index is 12.7. The number of hydrogen-bond donors (Lipinski definition) is 1. The molecule has 0 spiro atoms. The van der Waals surface area contributed by atoms with E-state index in [2.05, 4.69) is 4.98 Å². The first-order valence-corrected chi connectivity index (χ1v) is 9.33. The van der Waals surface area contributed by atoms with E-state index in [4.69, 9.17) is 9.47 Å². The van der Waals surface area contributed by atoms with Crippen LogP contribution in [-0.2, 0) is 16.0 Å². The lowest BCUT2D eigenvalue weighted by atomic mass is 10.0.